The summed E-state index contributed by atoms with van der Waals surface area (Å²) in [5.41, 5.74) is 0.727. The van der Waals surface area contributed by atoms with Crippen molar-refractivity contribution in [3.05, 3.63) is 59.7 Å². The van der Waals surface area contributed by atoms with Crippen LogP contribution in [0.4, 0.5) is 18.0 Å². The van der Waals surface area contributed by atoms with E-state index in [0.29, 0.717) is 6.92 Å². The van der Waals surface area contributed by atoms with E-state index in [1.807, 2.05) is 48.5 Å². The molecular formula is C24H25F3N2O6. The Bertz CT molecular complexity index is 1060. The van der Waals surface area contributed by atoms with E-state index in [9.17, 15) is 27.6 Å². The fourth-order valence-electron chi connectivity index (χ4n) is 3.87. The Balaban J connectivity index is 1.54. The van der Waals surface area contributed by atoms with Crippen LogP contribution in [-0.4, -0.2) is 61.2 Å². The third-order valence-electron chi connectivity index (χ3n) is 5.95. The molecule has 2 amide bonds. The van der Waals surface area contributed by atoms with E-state index >= 15 is 0 Å². The highest BCUT2D eigenvalue weighted by atomic mass is 19.4. The lowest BCUT2D eigenvalue weighted by Gasteiger charge is -2.29. The Morgan fingerprint density at radius 1 is 1.03 bits per heavy atom. The first-order valence-corrected chi connectivity index (χ1v) is 10.7. The number of carboxylic acid groups (broad SMARTS) is 1. The molecule has 1 aliphatic carbocycles. The summed E-state index contributed by atoms with van der Waals surface area (Å²) < 4.78 is 49.7. The summed E-state index contributed by atoms with van der Waals surface area (Å²) in [4.78, 5) is 35.4. The smallest absolute Gasteiger partial charge is 0.422 e. The molecule has 0 saturated carbocycles. The van der Waals surface area contributed by atoms with Gasteiger partial charge in [0.1, 0.15) is 6.61 Å². The van der Waals surface area contributed by atoms with Crippen molar-refractivity contribution in [2.75, 3.05) is 20.3 Å². The minimum Gasteiger partial charge on any atom is -0.479 e. The molecule has 0 fully saturated rings. The minimum absolute atomic E-state index is 0.0561. The van der Waals surface area contributed by atoms with Crippen molar-refractivity contribution in [3.63, 3.8) is 0 Å². The summed E-state index contributed by atoms with van der Waals surface area (Å²) >= 11 is 0. The Labute approximate surface area is 199 Å². The van der Waals surface area contributed by atoms with Gasteiger partial charge in [0.25, 0.3) is 0 Å². The first-order valence-electron chi connectivity index (χ1n) is 10.7. The number of halogens is 3. The highest BCUT2D eigenvalue weighted by molar-refractivity contribution is 5.87. The van der Waals surface area contributed by atoms with E-state index < -0.39 is 42.2 Å². The van der Waals surface area contributed by atoms with Crippen molar-refractivity contribution in [2.45, 2.75) is 37.1 Å². The van der Waals surface area contributed by atoms with Gasteiger partial charge < -0.3 is 25.2 Å². The molecular weight excluding hydrogens is 469 g/mol. The zero-order chi connectivity index (χ0) is 25.8. The van der Waals surface area contributed by atoms with Gasteiger partial charge >= 0.3 is 18.2 Å². The molecule has 35 heavy (non-hydrogen) atoms. The molecule has 3 N–H and O–H groups in total. The number of alkyl carbamates (subject to hydrolysis) is 1. The second-order valence-corrected chi connectivity index (χ2v) is 8.24. The third kappa shape index (κ3) is 5.56. The lowest BCUT2D eigenvalue weighted by atomic mass is 9.98. The van der Waals surface area contributed by atoms with Crippen LogP contribution in [0.3, 0.4) is 0 Å². The van der Waals surface area contributed by atoms with Crippen LogP contribution >= 0.6 is 0 Å². The van der Waals surface area contributed by atoms with Crippen molar-refractivity contribution >= 4 is 18.0 Å². The fraction of sp³-hybridized carbons (Fsp3) is 0.375. The van der Waals surface area contributed by atoms with Gasteiger partial charge in [0, 0.05) is 19.6 Å². The summed E-state index contributed by atoms with van der Waals surface area (Å²) in [6, 6.07) is 15.6. The molecule has 11 heteroatoms. The number of nitrogens with one attached hydrogen (secondary N) is 2. The summed E-state index contributed by atoms with van der Waals surface area (Å²) in [6.45, 7) is 0.168. The summed E-state index contributed by atoms with van der Waals surface area (Å²) in [7, 11) is 1.21. The van der Waals surface area contributed by atoms with E-state index in [1.165, 1.54) is 12.4 Å². The normalized spacial score (nSPS) is 15.3. The average molecular weight is 494 g/mol. The number of hydrogen-bond donors (Lipinski definition) is 3. The first-order chi connectivity index (χ1) is 16.5. The number of benzene rings is 2. The summed E-state index contributed by atoms with van der Waals surface area (Å²) in [5, 5.41) is 12.8. The second kappa shape index (κ2) is 10.3. The van der Waals surface area contributed by atoms with Crippen molar-refractivity contribution in [1.29, 1.82) is 0 Å². The number of carbonyl (C=O) groups is 3. The van der Waals surface area contributed by atoms with Gasteiger partial charge in [0.15, 0.2) is 0 Å². The average Bonchev–Trinajstić information content (AvgIpc) is 3.13. The number of methoxy groups -OCH3 is 1. The van der Waals surface area contributed by atoms with Gasteiger partial charge in [0.2, 0.25) is 11.4 Å². The molecule has 3 rings (SSSR count). The molecule has 2 atom stereocenters. The maximum Gasteiger partial charge on any atom is 0.422 e. The van der Waals surface area contributed by atoms with Crippen molar-refractivity contribution in [2.24, 2.45) is 0 Å². The van der Waals surface area contributed by atoms with Crippen LogP contribution in [0.1, 0.15) is 30.4 Å². The molecule has 0 aromatic heterocycles. The standard InChI is InChI=1S/C24H25F3N2O6/c1-23(21(31)32,24(25,26)27)29-20(30)11-14(34-2)12-28-22(33)35-13-19-17-9-5-3-7-15(17)16-8-4-6-10-18(16)19/h3-10,14,19H,11-13H2,1-2H3,(H,28,33)(H,29,30)(H,31,32). The number of aliphatic carboxylic acids is 1. The number of hydrogen-bond acceptors (Lipinski definition) is 5. The number of amides is 2. The predicted octanol–water partition coefficient (Wildman–Crippen LogP) is 3.45. The first kappa shape index (κ1) is 26.0. The van der Waals surface area contributed by atoms with Crippen molar-refractivity contribution in [3.8, 4) is 11.1 Å². The van der Waals surface area contributed by atoms with Gasteiger partial charge in [-0.25, -0.2) is 9.59 Å². The number of rotatable bonds is 9. The maximum atomic E-state index is 13.1. The highest BCUT2D eigenvalue weighted by Crippen LogP contribution is 2.44. The van der Waals surface area contributed by atoms with Crippen LogP contribution < -0.4 is 10.6 Å². The molecule has 2 aromatic carbocycles. The van der Waals surface area contributed by atoms with Crippen LogP contribution in [-0.2, 0) is 19.1 Å². The maximum absolute atomic E-state index is 13.1. The van der Waals surface area contributed by atoms with Gasteiger partial charge in [-0.15, -0.1) is 0 Å². The lowest BCUT2D eigenvalue weighted by Crippen LogP contribution is -2.62. The van der Waals surface area contributed by atoms with E-state index in [-0.39, 0.29) is 19.1 Å². The molecule has 0 bridgehead atoms. The Hall–Kier alpha value is -3.60. The van der Waals surface area contributed by atoms with Crippen LogP contribution in [0, 0.1) is 0 Å². The molecule has 0 radical (unpaired) electrons. The van der Waals surface area contributed by atoms with Crippen LogP contribution in [0.5, 0.6) is 0 Å². The summed E-state index contributed by atoms with van der Waals surface area (Å²) in [5.74, 6) is -3.61. The van der Waals surface area contributed by atoms with E-state index in [4.69, 9.17) is 14.6 Å². The van der Waals surface area contributed by atoms with Crippen molar-refractivity contribution < 1.29 is 42.1 Å². The van der Waals surface area contributed by atoms with Crippen LogP contribution in [0.25, 0.3) is 11.1 Å². The number of carbonyl (C=O) groups excluding carboxylic acids is 2. The highest BCUT2D eigenvalue weighted by Gasteiger charge is 2.58. The van der Waals surface area contributed by atoms with Gasteiger partial charge in [-0.1, -0.05) is 48.5 Å². The number of alkyl halides is 3. The monoisotopic (exact) mass is 494 g/mol. The van der Waals surface area contributed by atoms with E-state index in [0.717, 1.165) is 22.3 Å². The number of fused-ring (bicyclic) bond motifs is 3. The third-order valence-corrected chi connectivity index (χ3v) is 5.95. The quantitative estimate of drug-likeness (QED) is 0.492. The lowest BCUT2D eigenvalue weighted by molar-refractivity contribution is -0.207. The molecule has 2 unspecified atom stereocenters. The Kier molecular flexibility index (Phi) is 7.69. The zero-order valence-corrected chi connectivity index (χ0v) is 19.0. The van der Waals surface area contributed by atoms with Gasteiger partial charge in [-0.3, -0.25) is 4.79 Å². The molecule has 1 aliphatic rings. The van der Waals surface area contributed by atoms with Crippen LogP contribution in [0.15, 0.2) is 48.5 Å². The number of carboxylic acids is 1. The molecule has 8 nitrogen and oxygen atoms in total. The van der Waals surface area contributed by atoms with Crippen LogP contribution in [0.2, 0.25) is 0 Å². The predicted molar refractivity (Wildman–Crippen MR) is 119 cm³/mol. The van der Waals surface area contributed by atoms with Gasteiger partial charge in [-0.2, -0.15) is 13.2 Å². The fourth-order valence-corrected chi connectivity index (χ4v) is 3.87. The minimum atomic E-state index is -5.21. The molecule has 2 aromatic rings. The SMILES string of the molecule is COC(CNC(=O)OCC1c2ccccc2-c2ccccc21)CC(=O)NC(C)(C(=O)O)C(F)(F)F. The largest absolute Gasteiger partial charge is 0.479 e. The van der Waals surface area contributed by atoms with Gasteiger partial charge in [0.05, 0.1) is 12.5 Å². The number of ether oxygens (including phenoxy) is 2. The van der Waals surface area contributed by atoms with Gasteiger partial charge in [-0.05, 0) is 29.2 Å². The molecule has 0 spiro atoms. The zero-order valence-electron chi connectivity index (χ0n) is 19.0. The molecule has 0 aliphatic heterocycles. The van der Waals surface area contributed by atoms with E-state index in [1.54, 1.807) is 0 Å². The topological polar surface area (TPSA) is 114 Å². The van der Waals surface area contributed by atoms with Crippen molar-refractivity contribution in [1.82, 2.24) is 10.6 Å². The van der Waals surface area contributed by atoms with E-state index in [2.05, 4.69) is 5.32 Å². The molecule has 0 saturated heterocycles. The Morgan fingerprint density at radius 3 is 2.06 bits per heavy atom. The molecule has 0 heterocycles. The second-order valence-electron chi connectivity index (χ2n) is 8.24. The Morgan fingerprint density at radius 2 is 1.57 bits per heavy atom. The summed E-state index contributed by atoms with van der Waals surface area (Å²) in [6.07, 6.45) is -7.63. The molecule has 188 valence electrons.